The fraction of sp³-hybridized carbons (Fsp3) is 0.194. The number of amides is 1. The number of hydrogen-bond acceptors (Lipinski definition) is 1. The molecular formula is C31H29NO. The average molecular weight is 432 g/mol. The molecule has 0 saturated carbocycles. The topological polar surface area (TPSA) is 20.3 Å². The molecule has 2 heteroatoms. The summed E-state index contributed by atoms with van der Waals surface area (Å²) in [4.78, 5) is 15.7. The Morgan fingerprint density at radius 2 is 1.15 bits per heavy atom. The van der Waals surface area contributed by atoms with Crippen LogP contribution in [-0.4, -0.2) is 5.91 Å². The molecule has 4 aromatic rings. The van der Waals surface area contributed by atoms with Crippen LogP contribution in [0.15, 0.2) is 103 Å². The number of rotatable bonds is 5. The van der Waals surface area contributed by atoms with E-state index in [-0.39, 0.29) is 5.91 Å². The van der Waals surface area contributed by atoms with Crippen LogP contribution in [0.5, 0.6) is 0 Å². The second kappa shape index (κ2) is 9.87. The Morgan fingerprint density at radius 3 is 1.82 bits per heavy atom. The minimum absolute atomic E-state index is 0.138. The molecule has 2 nitrogen and oxygen atoms in total. The van der Waals surface area contributed by atoms with Crippen LogP contribution in [0, 0.1) is 0 Å². The normalized spacial score (nSPS) is 12.7. The summed E-state index contributed by atoms with van der Waals surface area (Å²) in [5, 5.41) is 0. The molecular weight excluding hydrogens is 402 g/mol. The summed E-state index contributed by atoms with van der Waals surface area (Å²) in [6.07, 6.45) is 4.27. The number of hydrogen-bond donors (Lipinski definition) is 0. The Balaban J connectivity index is 1.52. The van der Waals surface area contributed by atoms with Crippen LogP contribution >= 0.6 is 0 Å². The lowest BCUT2D eigenvalue weighted by Crippen LogP contribution is -2.32. The van der Waals surface area contributed by atoms with E-state index in [2.05, 4.69) is 54.6 Å². The second-order valence-corrected chi connectivity index (χ2v) is 8.91. The van der Waals surface area contributed by atoms with Crippen molar-refractivity contribution in [2.45, 2.75) is 38.6 Å². The Kier molecular flexibility index (Phi) is 6.34. The third-order valence-corrected chi connectivity index (χ3v) is 6.53. The van der Waals surface area contributed by atoms with Gasteiger partial charge in [0.05, 0.1) is 13.0 Å². The standard InChI is InChI=1S/C31H29NO/c33-31(22-26-7-3-1-4-8-26)32(23-28-9-5-2-6-10-28)30-21-27-16-15-24-11-13-25(14-12-24)17-19-29(30)20-18-27/h1-14,18,20-21H,15-17,19,22-23H2. The smallest absolute Gasteiger partial charge is 0.231 e. The van der Waals surface area contributed by atoms with Gasteiger partial charge in [0.1, 0.15) is 0 Å². The van der Waals surface area contributed by atoms with Crippen LogP contribution in [0.2, 0.25) is 0 Å². The number of carbonyl (C=O) groups excluding carboxylic acids is 1. The van der Waals surface area contributed by atoms with Gasteiger partial charge in [-0.05, 0) is 65.1 Å². The zero-order valence-corrected chi connectivity index (χ0v) is 18.9. The first-order valence-electron chi connectivity index (χ1n) is 11.8. The number of carbonyl (C=O) groups is 1. The first kappa shape index (κ1) is 21.2. The van der Waals surface area contributed by atoms with E-state index in [4.69, 9.17) is 0 Å². The van der Waals surface area contributed by atoms with Crippen molar-refractivity contribution in [3.05, 3.63) is 137 Å². The molecule has 0 heterocycles. The molecule has 0 N–H and O–H groups in total. The highest BCUT2D eigenvalue weighted by atomic mass is 16.2. The summed E-state index contributed by atoms with van der Waals surface area (Å²) in [5.41, 5.74) is 8.49. The minimum atomic E-state index is 0.138. The molecule has 33 heavy (non-hydrogen) atoms. The largest absolute Gasteiger partial charge is 0.307 e. The maximum Gasteiger partial charge on any atom is 0.231 e. The van der Waals surface area contributed by atoms with Gasteiger partial charge in [0.15, 0.2) is 0 Å². The Labute approximate surface area is 196 Å². The molecule has 4 aromatic carbocycles. The van der Waals surface area contributed by atoms with Crippen molar-refractivity contribution in [1.29, 1.82) is 0 Å². The van der Waals surface area contributed by atoms with Gasteiger partial charge < -0.3 is 4.90 Å². The van der Waals surface area contributed by atoms with Gasteiger partial charge in [-0.15, -0.1) is 0 Å². The Hall–Kier alpha value is -3.65. The average Bonchev–Trinajstić information content (AvgIpc) is 2.85. The summed E-state index contributed by atoms with van der Waals surface area (Å²) in [5.74, 6) is 0.138. The molecule has 0 atom stereocenters. The van der Waals surface area contributed by atoms with Crippen molar-refractivity contribution in [2.75, 3.05) is 4.90 Å². The molecule has 1 amide bonds. The van der Waals surface area contributed by atoms with Crippen molar-refractivity contribution < 1.29 is 4.79 Å². The summed E-state index contributed by atoms with van der Waals surface area (Å²) in [7, 11) is 0. The van der Waals surface area contributed by atoms with Gasteiger partial charge in [-0.1, -0.05) is 97.1 Å². The molecule has 0 saturated heterocycles. The molecule has 164 valence electrons. The molecule has 4 aliphatic carbocycles. The van der Waals surface area contributed by atoms with Crippen molar-refractivity contribution >= 4 is 11.6 Å². The van der Waals surface area contributed by atoms with Crippen LogP contribution in [0.4, 0.5) is 5.69 Å². The van der Waals surface area contributed by atoms with Crippen molar-refractivity contribution in [1.82, 2.24) is 0 Å². The minimum Gasteiger partial charge on any atom is -0.307 e. The molecule has 0 spiro atoms. The number of benzene rings is 4. The highest BCUT2D eigenvalue weighted by Crippen LogP contribution is 2.28. The van der Waals surface area contributed by atoms with Crippen molar-refractivity contribution in [3.8, 4) is 0 Å². The molecule has 0 radical (unpaired) electrons. The van der Waals surface area contributed by atoms with E-state index >= 15 is 0 Å². The predicted molar refractivity (Wildman–Crippen MR) is 135 cm³/mol. The second-order valence-electron chi connectivity index (χ2n) is 8.91. The van der Waals surface area contributed by atoms with Gasteiger partial charge in [-0.25, -0.2) is 0 Å². The van der Waals surface area contributed by atoms with E-state index in [9.17, 15) is 4.79 Å². The first-order valence-corrected chi connectivity index (χ1v) is 11.8. The van der Waals surface area contributed by atoms with E-state index < -0.39 is 0 Å². The lowest BCUT2D eigenvalue weighted by molar-refractivity contribution is -0.118. The number of aryl methyl sites for hydroxylation is 4. The highest BCUT2D eigenvalue weighted by Gasteiger charge is 2.21. The van der Waals surface area contributed by atoms with Crippen LogP contribution in [-0.2, 0) is 43.4 Å². The van der Waals surface area contributed by atoms with Gasteiger partial charge in [0, 0.05) is 5.69 Å². The maximum absolute atomic E-state index is 13.7. The molecule has 0 aliphatic heterocycles. The first-order chi connectivity index (χ1) is 16.2. The van der Waals surface area contributed by atoms with Crippen molar-refractivity contribution in [3.63, 3.8) is 0 Å². The van der Waals surface area contributed by atoms with E-state index in [1.807, 2.05) is 53.4 Å². The zero-order chi connectivity index (χ0) is 22.5. The van der Waals surface area contributed by atoms with Crippen LogP contribution in [0.25, 0.3) is 0 Å². The van der Waals surface area contributed by atoms with Gasteiger partial charge in [0.25, 0.3) is 0 Å². The molecule has 0 fully saturated rings. The van der Waals surface area contributed by atoms with Gasteiger partial charge in [-0.3, -0.25) is 4.79 Å². The van der Waals surface area contributed by atoms with Crippen LogP contribution < -0.4 is 4.90 Å². The molecule has 0 aromatic heterocycles. The fourth-order valence-corrected chi connectivity index (χ4v) is 4.61. The maximum atomic E-state index is 13.7. The van der Waals surface area contributed by atoms with Gasteiger partial charge in [0.2, 0.25) is 5.91 Å². The summed E-state index contributed by atoms with van der Waals surface area (Å²) in [6.45, 7) is 0.580. The monoisotopic (exact) mass is 431 g/mol. The van der Waals surface area contributed by atoms with Crippen molar-refractivity contribution in [2.24, 2.45) is 0 Å². The number of anilines is 1. The van der Waals surface area contributed by atoms with E-state index in [0.717, 1.165) is 42.5 Å². The third-order valence-electron chi connectivity index (χ3n) is 6.53. The Bertz CT molecular complexity index is 1210. The summed E-state index contributed by atoms with van der Waals surface area (Å²) >= 11 is 0. The predicted octanol–water partition coefficient (Wildman–Crippen LogP) is 6.35. The summed E-state index contributed by atoms with van der Waals surface area (Å²) < 4.78 is 0. The van der Waals surface area contributed by atoms with E-state index in [0.29, 0.717) is 13.0 Å². The lowest BCUT2D eigenvalue weighted by atomic mass is 9.94. The lowest BCUT2D eigenvalue weighted by Gasteiger charge is -2.27. The SMILES string of the molecule is O=C(Cc1ccccc1)N(Cc1ccccc1)c1cc2ccc1CCc1ccc(cc1)CC2. The fourth-order valence-electron chi connectivity index (χ4n) is 4.61. The molecule has 4 bridgehead atoms. The quantitative estimate of drug-likeness (QED) is 0.361. The summed E-state index contributed by atoms with van der Waals surface area (Å²) in [6, 6.07) is 36.1. The zero-order valence-electron chi connectivity index (χ0n) is 18.9. The Morgan fingerprint density at radius 1 is 0.606 bits per heavy atom. The van der Waals surface area contributed by atoms with Gasteiger partial charge in [-0.2, -0.15) is 0 Å². The van der Waals surface area contributed by atoms with E-state index in [1.165, 1.54) is 22.3 Å². The van der Waals surface area contributed by atoms with Crippen LogP contribution in [0.3, 0.4) is 0 Å². The molecule has 0 unspecified atom stereocenters. The third kappa shape index (κ3) is 5.23. The molecule has 4 aliphatic rings. The van der Waals surface area contributed by atoms with E-state index in [1.54, 1.807) is 0 Å². The van der Waals surface area contributed by atoms with Gasteiger partial charge >= 0.3 is 0 Å². The highest BCUT2D eigenvalue weighted by molar-refractivity contribution is 5.95. The van der Waals surface area contributed by atoms with Crippen LogP contribution in [0.1, 0.15) is 33.4 Å². The number of nitrogens with zero attached hydrogens (tertiary/aromatic N) is 1. The molecule has 8 rings (SSSR count).